The summed E-state index contributed by atoms with van der Waals surface area (Å²) in [5, 5.41) is 2.24. The van der Waals surface area contributed by atoms with Crippen molar-refractivity contribution in [3.05, 3.63) is 210 Å². The first-order valence-corrected chi connectivity index (χ1v) is 18.3. The van der Waals surface area contributed by atoms with Gasteiger partial charge in [0.1, 0.15) is 11.5 Å². The Kier molecular flexibility index (Phi) is 6.73. The fraction of sp³-hybridized carbons (Fsp3) is 0.0200. The second-order valence-corrected chi connectivity index (χ2v) is 13.9. The molecule has 4 heteroatoms. The van der Waals surface area contributed by atoms with Crippen LogP contribution in [0.25, 0.3) is 67.2 Å². The maximum atomic E-state index is 6.58. The number of nitrogens with zero attached hydrogens (tertiary/aromatic N) is 3. The molecule has 0 atom stereocenters. The van der Waals surface area contributed by atoms with Gasteiger partial charge in [-0.05, 0) is 62.4 Å². The van der Waals surface area contributed by atoms with Gasteiger partial charge >= 0.3 is 0 Å². The Balaban J connectivity index is 1.19. The summed E-state index contributed by atoms with van der Waals surface area (Å²) in [6.45, 7) is 0. The Morgan fingerprint density at radius 1 is 0.315 bits per heavy atom. The molecule has 0 N–H and O–H groups in total. The summed E-state index contributed by atoms with van der Waals surface area (Å²) in [7, 11) is 0. The summed E-state index contributed by atoms with van der Waals surface area (Å²) in [6.07, 6.45) is 0. The molecule has 0 saturated heterocycles. The van der Waals surface area contributed by atoms with E-state index in [2.05, 4.69) is 158 Å². The molecular weight excluding hydrogens is 659 g/mol. The first-order valence-electron chi connectivity index (χ1n) is 18.3. The Morgan fingerprint density at radius 3 is 1.50 bits per heavy atom. The van der Waals surface area contributed by atoms with Crippen LogP contribution in [0.1, 0.15) is 22.3 Å². The fourth-order valence-corrected chi connectivity index (χ4v) is 8.79. The van der Waals surface area contributed by atoms with Gasteiger partial charge in [-0.3, -0.25) is 0 Å². The SMILES string of the molecule is c1ccc(-c2nc(-c3cccc4c3-c3ccccc3C43c4ccccc4Oc4ccccc43)nc(-c3ccc(-c4ccccc4)c4ccccc34)n2)cc1. The lowest BCUT2D eigenvalue weighted by atomic mass is 9.66. The first kappa shape index (κ1) is 30.5. The largest absolute Gasteiger partial charge is 0.457 e. The van der Waals surface area contributed by atoms with Crippen molar-refractivity contribution in [3.63, 3.8) is 0 Å². The van der Waals surface area contributed by atoms with Crippen LogP contribution in [-0.2, 0) is 5.41 Å². The highest BCUT2D eigenvalue weighted by Gasteiger charge is 2.51. The van der Waals surface area contributed by atoms with E-state index in [-0.39, 0.29) is 0 Å². The standard InChI is InChI=1S/C50H31N3O/c1-3-16-32(17-4-1)34-30-31-37(36-21-8-7-20-35(34)36)48-51-47(33-18-5-2-6-19-33)52-49(53-48)39-23-15-27-43-46(39)38-22-9-10-24-40(38)50(43)41-25-11-13-28-44(41)54-45-29-14-12-26-42(45)50/h1-31H. The number of fused-ring (bicyclic) bond motifs is 10. The predicted molar refractivity (Wildman–Crippen MR) is 216 cm³/mol. The second kappa shape index (κ2) is 11.9. The van der Waals surface area contributed by atoms with E-state index < -0.39 is 5.41 Å². The first-order chi connectivity index (χ1) is 26.8. The zero-order chi connectivity index (χ0) is 35.6. The summed E-state index contributed by atoms with van der Waals surface area (Å²) in [5.74, 6) is 3.63. The van der Waals surface area contributed by atoms with E-state index in [0.29, 0.717) is 17.5 Å². The molecule has 0 fully saturated rings. The van der Waals surface area contributed by atoms with Gasteiger partial charge < -0.3 is 4.74 Å². The zero-order valence-corrected chi connectivity index (χ0v) is 29.1. The van der Waals surface area contributed by atoms with Crippen LogP contribution in [0.3, 0.4) is 0 Å². The summed E-state index contributed by atoms with van der Waals surface area (Å²) in [5.41, 5.74) is 11.6. The minimum absolute atomic E-state index is 0.588. The summed E-state index contributed by atoms with van der Waals surface area (Å²) >= 11 is 0. The third kappa shape index (κ3) is 4.40. The van der Waals surface area contributed by atoms with Crippen molar-refractivity contribution in [2.24, 2.45) is 0 Å². The normalized spacial score (nSPS) is 13.1. The van der Waals surface area contributed by atoms with Crippen LogP contribution >= 0.6 is 0 Å². The van der Waals surface area contributed by atoms with Crippen LogP contribution in [0.15, 0.2) is 188 Å². The minimum atomic E-state index is -0.588. The highest BCUT2D eigenvalue weighted by atomic mass is 16.5. The van der Waals surface area contributed by atoms with Gasteiger partial charge in [-0.25, -0.2) is 15.0 Å². The highest BCUT2D eigenvalue weighted by Crippen LogP contribution is 2.63. The summed E-state index contributed by atoms with van der Waals surface area (Å²) < 4.78 is 6.58. The zero-order valence-electron chi connectivity index (χ0n) is 29.1. The van der Waals surface area contributed by atoms with E-state index in [1.54, 1.807) is 0 Å². The van der Waals surface area contributed by atoms with E-state index >= 15 is 0 Å². The van der Waals surface area contributed by atoms with Crippen molar-refractivity contribution in [2.45, 2.75) is 5.41 Å². The molecule has 8 aromatic carbocycles. The van der Waals surface area contributed by atoms with Crippen LogP contribution in [0.2, 0.25) is 0 Å². The Labute approximate surface area is 313 Å². The number of hydrogen-bond acceptors (Lipinski definition) is 4. The topological polar surface area (TPSA) is 47.9 Å². The maximum Gasteiger partial charge on any atom is 0.164 e. The van der Waals surface area contributed by atoms with Gasteiger partial charge in [0.2, 0.25) is 0 Å². The van der Waals surface area contributed by atoms with E-state index in [9.17, 15) is 0 Å². The molecule has 2 heterocycles. The monoisotopic (exact) mass is 689 g/mol. The second-order valence-electron chi connectivity index (χ2n) is 13.9. The number of para-hydroxylation sites is 2. The van der Waals surface area contributed by atoms with Crippen LogP contribution < -0.4 is 4.74 Å². The summed E-state index contributed by atoms with van der Waals surface area (Å²) in [4.78, 5) is 15.8. The van der Waals surface area contributed by atoms with Crippen molar-refractivity contribution in [2.75, 3.05) is 0 Å². The van der Waals surface area contributed by atoms with Gasteiger partial charge in [0.25, 0.3) is 0 Å². The average molecular weight is 690 g/mol. The number of hydrogen-bond donors (Lipinski definition) is 0. The molecule has 0 amide bonds. The fourth-order valence-electron chi connectivity index (χ4n) is 8.79. The Hall–Kier alpha value is -7.17. The molecule has 9 aromatic rings. The maximum absolute atomic E-state index is 6.58. The van der Waals surface area contributed by atoms with Crippen molar-refractivity contribution in [3.8, 4) is 67.9 Å². The molecule has 2 aliphatic rings. The van der Waals surface area contributed by atoms with Crippen molar-refractivity contribution in [1.29, 1.82) is 0 Å². The van der Waals surface area contributed by atoms with Crippen molar-refractivity contribution >= 4 is 10.8 Å². The number of ether oxygens (including phenoxy) is 1. The van der Waals surface area contributed by atoms with E-state index in [0.717, 1.165) is 61.2 Å². The van der Waals surface area contributed by atoms with Gasteiger partial charge in [0.15, 0.2) is 17.5 Å². The van der Waals surface area contributed by atoms with E-state index in [1.807, 2.05) is 30.3 Å². The molecular formula is C50H31N3O. The molecule has 0 radical (unpaired) electrons. The average Bonchev–Trinajstić information content (AvgIpc) is 3.54. The smallest absolute Gasteiger partial charge is 0.164 e. The molecule has 0 saturated carbocycles. The van der Waals surface area contributed by atoms with Gasteiger partial charge in [-0.2, -0.15) is 0 Å². The van der Waals surface area contributed by atoms with E-state index in [1.165, 1.54) is 22.3 Å². The van der Waals surface area contributed by atoms with Crippen molar-refractivity contribution in [1.82, 2.24) is 15.0 Å². The number of rotatable bonds is 4. The summed E-state index contributed by atoms with van der Waals surface area (Å²) in [6, 6.07) is 65.9. The van der Waals surface area contributed by atoms with Gasteiger partial charge in [-0.15, -0.1) is 0 Å². The predicted octanol–water partition coefficient (Wildman–Crippen LogP) is 12.2. The molecule has 11 rings (SSSR count). The number of aromatic nitrogens is 3. The third-order valence-electron chi connectivity index (χ3n) is 11.0. The molecule has 1 spiro atoms. The molecule has 0 bridgehead atoms. The molecule has 1 aliphatic heterocycles. The third-order valence-corrected chi connectivity index (χ3v) is 11.0. The van der Waals surface area contributed by atoms with Crippen LogP contribution in [0, 0.1) is 0 Å². The van der Waals surface area contributed by atoms with Crippen LogP contribution in [-0.4, -0.2) is 15.0 Å². The lowest BCUT2D eigenvalue weighted by molar-refractivity contribution is 0.436. The minimum Gasteiger partial charge on any atom is -0.457 e. The van der Waals surface area contributed by atoms with Gasteiger partial charge in [-0.1, -0.05) is 170 Å². The molecule has 54 heavy (non-hydrogen) atoms. The van der Waals surface area contributed by atoms with Crippen LogP contribution in [0.5, 0.6) is 11.5 Å². The molecule has 1 aromatic heterocycles. The van der Waals surface area contributed by atoms with Crippen LogP contribution in [0.4, 0.5) is 0 Å². The van der Waals surface area contributed by atoms with E-state index in [4.69, 9.17) is 19.7 Å². The molecule has 0 unspecified atom stereocenters. The Bertz CT molecular complexity index is 2870. The lowest BCUT2D eigenvalue weighted by Gasteiger charge is -2.39. The highest BCUT2D eigenvalue weighted by molar-refractivity contribution is 6.04. The molecule has 252 valence electrons. The van der Waals surface area contributed by atoms with Gasteiger partial charge in [0, 0.05) is 27.8 Å². The lowest BCUT2D eigenvalue weighted by Crippen LogP contribution is -2.32. The number of benzene rings is 8. The van der Waals surface area contributed by atoms with Crippen molar-refractivity contribution < 1.29 is 4.74 Å². The molecule has 4 nitrogen and oxygen atoms in total. The van der Waals surface area contributed by atoms with Gasteiger partial charge in [0.05, 0.1) is 5.41 Å². The Morgan fingerprint density at radius 2 is 0.796 bits per heavy atom. The quantitative estimate of drug-likeness (QED) is 0.185. The molecule has 1 aliphatic carbocycles.